The second kappa shape index (κ2) is 9.34. The number of morpholine rings is 1. The molecule has 0 aliphatic carbocycles. The number of likely N-dealkylation sites (tertiary alicyclic amines) is 1. The molecule has 2 fully saturated rings. The first-order chi connectivity index (χ1) is 13.5. The molecule has 2 heterocycles. The van der Waals surface area contributed by atoms with Crippen molar-refractivity contribution >= 4 is 11.8 Å². The summed E-state index contributed by atoms with van der Waals surface area (Å²) in [5.74, 6) is -0.601. The first kappa shape index (κ1) is 20.5. The number of halogens is 1. The van der Waals surface area contributed by atoms with E-state index in [0.29, 0.717) is 39.3 Å². The average molecular weight is 393 g/mol. The van der Waals surface area contributed by atoms with Crippen LogP contribution < -0.4 is 10.1 Å². The molecule has 7 nitrogen and oxygen atoms in total. The maximum atomic E-state index is 13.8. The van der Waals surface area contributed by atoms with Crippen molar-refractivity contribution in [1.29, 1.82) is 0 Å². The molecule has 2 saturated heterocycles. The fourth-order valence-corrected chi connectivity index (χ4v) is 3.85. The van der Waals surface area contributed by atoms with Crippen molar-refractivity contribution in [2.45, 2.75) is 31.3 Å². The lowest BCUT2D eigenvalue weighted by atomic mass is 10.1. The van der Waals surface area contributed by atoms with Crippen LogP contribution in [-0.4, -0.2) is 80.7 Å². The van der Waals surface area contributed by atoms with Gasteiger partial charge < -0.3 is 19.7 Å². The number of benzene rings is 1. The molecule has 8 heteroatoms. The SMILES string of the molecule is COc1ccc(C(=O)NC[C@@H]2CC[C@H](CC(=O)N3CCOCC3)N2C)cc1F. The Morgan fingerprint density at radius 3 is 2.64 bits per heavy atom. The van der Waals surface area contributed by atoms with Crippen LogP contribution in [0.25, 0.3) is 0 Å². The van der Waals surface area contributed by atoms with Crippen LogP contribution in [0.3, 0.4) is 0 Å². The minimum atomic E-state index is -0.560. The minimum absolute atomic E-state index is 0.111. The third-order valence-corrected chi connectivity index (χ3v) is 5.67. The molecule has 2 aliphatic rings. The van der Waals surface area contributed by atoms with E-state index >= 15 is 0 Å². The van der Waals surface area contributed by atoms with Gasteiger partial charge in [-0.15, -0.1) is 0 Å². The van der Waals surface area contributed by atoms with Gasteiger partial charge in [0.25, 0.3) is 5.91 Å². The highest BCUT2D eigenvalue weighted by Crippen LogP contribution is 2.25. The quantitative estimate of drug-likeness (QED) is 0.788. The average Bonchev–Trinajstić information content (AvgIpc) is 3.06. The van der Waals surface area contributed by atoms with Gasteiger partial charge in [-0.05, 0) is 38.1 Å². The molecule has 0 bridgehead atoms. The van der Waals surface area contributed by atoms with Crippen LogP contribution in [0.4, 0.5) is 4.39 Å². The van der Waals surface area contributed by atoms with Crippen molar-refractivity contribution < 1.29 is 23.5 Å². The van der Waals surface area contributed by atoms with Crippen LogP contribution in [0.2, 0.25) is 0 Å². The van der Waals surface area contributed by atoms with E-state index in [-0.39, 0.29) is 35.2 Å². The maximum Gasteiger partial charge on any atom is 0.251 e. The molecular weight excluding hydrogens is 365 g/mol. The second-order valence-corrected chi connectivity index (χ2v) is 7.31. The third kappa shape index (κ3) is 4.80. The van der Waals surface area contributed by atoms with Crippen LogP contribution in [0, 0.1) is 5.82 Å². The van der Waals surface area contributed by atoms with Crippen molar-refractivity contribution in [2.24, 2.45) is 0 Å². The fourth-order valence-electron chi connectivity index (χ4n) is 3.85. The lowest BCUT2D eigenvalue weighted by Gasteiger charge is -2.30. The van der Waals surface area contributed by atoms with E-state index in [0.717, 1.165) is 12.8 Å². The summed E-state index contributed by atoms with van der Waals surface area (Å²) in [5.41, 5.74) is 0.262. The Morgan fingerprint density at radius 1 is 1.25 bits per heavy atom. The van der Waals surface area contributed by atoms with Crippen molar-refractivity contribution in [3.8, 4) is 5.75 Å². The molecule has 0 saturated carbocycles. The summed E-state index contributed by atoms with van der Waals surface area (Å²) in [7, 11) is 3.38. The topological polar surface area (TPSA) is 71.1 Å². The number of amides is 2. The number of rotatable bonds is 6. The van der Waals surface area contributed by atoms with Gasteiger partial charge in [-0.25, -0.2) is 4.39 Å². The van der Waals surface area contributed by atoms with E-state index in [1.54, 1.807) is 6.07 Å². The normalized spacial score (nSPS) is 22.9. The van der Waals surface area contributed by atoms with Gasteiger partial charge in [-0.1, -0.05) is 0 Å². The van der Waals surface area contributed by atoms with Crippen molar-refractivity contribution in [2.75, 3.05) is 47.0 Å². The zero-order valence-electron chi connectivity index (χ0n) is 16.4. The van der Waals surface area contributed by atoms with Gasteiger partial charge in [0.2, 0.25) is 5.91 Å². The zero-order chi connectivity index (χ0) is 20.1. The summed E-state index contributed by atoms with van der Waals surface area (Å²) >= 11 is 0. The molecule has 1 aromatic rings. The molecule has 28 heavy (non-hydrogen) atoms. The molecule has 0 radical (unpaired) electrons. The fraction of sp³-hybridized carbons (Fsp3) is 0.600. The highest BCUT2D eigenvalue weighted by Gasteiger charge is 2.33. The lowest BCUT2D eigenvalue weighted by Crippen LogP contribution is -2.45. The van der Waals surface area contributed by atoms with E-state index in [1.165, 1.54) is 19.2 Å². The van der Waals surface area contributed by atoms with Gasteiger partial charge in [0.05, 0.1) is 20.3 Å². The Balaban J connectivity index is 1.48. The molecular formula is C20H28FN3O4. The number of nitrogens with zero attached hydrogens (tertiary/aromatic N) is 2. The highest BCUT2D eigenvalue weighted by molar-refractivity contribution is 5.94. The number of hydrogen-bond donors (Lipinski definition) is 1. The molecule has 0 aromatic heterocycles. The predicted molar refractivity (Wildman–Crippen MR) is 102 cm³/mol. The summed E-state index contributed by atoms with van der Waals surface area (Å²) < 4.78 is 23.9. The number of likely N-dealkylation sites (N-methyl/N-ethyl adjacent to an activating group) is 1. The zero-order valence-corrected chi connectivity index (χ0v) is 16.4. The molecule has 154 valence electrons. The molecule has 1 aromatic carbocycles. The predicted octanol–water partition coefficient (Wildman–Crippen LogP) is 1.28. The Bertz CT molecular complexity index is 709. The highest BCUT2D eigenvalue weighted by atomic mass is 19.1. The number of carbonyl (C=O) groups is 2. The third-order valence-electron chi connectivity index (χ3n) is 5.67. The van der Waals surface area contributed by atoms with Crippen LogP contribution in [0.5, 0.6) is 5.75 Å². The van der Waals surface area contributed by atoms with E-state index in [9.17, 15) is 14.0 Å². The smallest absolute Gasteiger partial charge is 0.251 e. The molecule has 2 aliphatic heterocycles. The molecule has 2 atom stereocenters. The summed E-state index contributed by atoms with van der Waals surface area (Å²) in [6, 6.07) is 4.50. The standard InChI is InChI=1S/C20H28FN3O4/c1-23-15(12-19(25)24-7-9-28-10-8-24)4-5-16(23)13-22-20(26)14-3-6-18(27-2)17(21)11-14/h3,6,11,15-16H,4-5,7-10,12-13H2,1-2H3,(H,22,26)/t15-,16+/m1/s1. The van der Waals surface area contributed by atoms with Gasteiger partial charge in [-0.3, -0.25) is 14.5 Å². The molecule has 2 amide bonds. The molecule has 1 N–H and O–H groups in total. The van der Waals surface area contributed by atoms with E-state index in [1.807, 2.05) is 11.9 Å². The van der Waals surface area contributed by atoms with E-state index in [2.05, 4.69) is 10.2 Å². The van der Waals surface area contributed by atoms with Crippen molar-refractivity contribution in [1.82, 2.24) is 15.1 Å². The summed E-state index contributed by atoms with van der Waals surface area (Å²) in [4.78, 5) is 28.8. The summed E-state index contributed by atoms with van der Waals surface area (Å²) in [6.45, 7) is 2.99. The van der Waals surface area contributed by atoms with Gasteiger partial charge in [0, 0.05) is 43.7 Å². The maximum absolute atomic E-state index is 13.8. The van der Waals surface area contributed by atoms with E-state index in [4.69, 9.17) is 9.47 Å². The van der Waals surface area contributed by atoms with Crippen LogP contribution in [0.1, 0.15) is 29.6 Å². The largest absolute Gasteiger partial charge is 0.494 e. The number of ether oxygens (including phenoxy) is 2. The number of hydrogen-bond acceptors (Lipinski definition) is 5. The monoisotopic (exact) mass is 393 g/mol. The first-order valence-electron chi connectivity index (χ1n) is 9.68. The number of methoxy groups -OCH3 is 1. The molecule has 0 unspecified atom stereocenters. The van der Waals surface area contributed by atoms with Gasteiger partial charge in [-0.2, -0.15) is 0 Å². The Morgan fingerprint density at radius 2 is 1.96 bits per heavy atom. The molecule has 3 rings (SSSR count). The minimum Gasteiger partial charge on any atom is -0.494 e. The van der Waals surface area contributed by atoms with Crippen LogP contribution in [-0.2, 0) is 9.53 Å². The summed E-state index contributed by atoms with van der Waals surface area (Å²) in [6.07, 6.45) is 2.32. The van der Waals surface area contributed by atoms with Crippen LogP contribution in [0.15, 0.2) is 18.2 Å². The molecule has 0 spiro atoms. The first-order valence-corrected chi connectivity index (χ1v) is 9.68. The van der Waals surface area contributed by atoms with E-state index < -0.39 is 5.82 Å². The second-order valence-electron chi connectivity index (χ2n) is 7.31. The summed E-state index contributed by atoms with van der Waals surface area (Å²) in [5, 5.41) is 2.87. The van der Waals surface area contributed by atoms with Crippen molar-refractivity contribution in [3.05, 3.63) is 29.6 Å². The Hall–Kier alpha value is -2.19. The number of carbonyl (C=O) groups excluding carboxylic acids is 2. The van der Waals surface area contributed by atoms with Gasteiger partial charge in [0.15, 0.2) is 11.6 Å². The lowest BCUT2D eigenvalue weighted by molar-refractivity contribution is -0.136. The van der Waals surface area contributed by atoms with Crippen molar-refractivity contribution in [3.63, 3.8) is 0 Å². The van der Waals surface area contributed by atoms with Gasteiger partial charge in [0.1, 0.15) is 0 Å². The van der Waals surface area contributed by atoms with Gasteiger partial charge >= 0.3 is 0 Å². The Labute approximate surface area is 164 Å². The number of nitrogens with one attached hydrogen (secondary N) is 1. The van der Waals surface area contributed by atoms with Crippen LogP contribution >= 0.6 is 0 Å². The Kier molecular flexibility index (Phi) is 6.85.